The molecule has 0 radical (unpaired) electrons. The number of amides is 1. The Bertz CT molecular complexity index is 942. The third-order valence-electron chi connectivity index (χ3n) is 3.42. The second-order valence-corrected chi connectivity index (χ2v) is 5.81. The van der Waals surface area contributed by atoms with Crippen molar-refractivity contribution >= 4 is 22.9 Å². The van der Waals surface area contributed by atoms with Crippen LogP contribution in [0.3, 0.4) is 0 Å². The molecule has 6 nitrogen and oxygen atoms in total. The molecule has 114 valence electrons. The van der Waals surface area contributed by atoms with Crippen LogP contribution in [0.2, 0.25) is 0 Å². The molecule has 1 amide bonds. The molecule has 7 heteroatoms. The number of thiophene rings is 1. The first-order valence-corrected chi connectivity index (χ1v) is 7.88. The molecule has 4 aromatic rings. The fourth-order valence-electron chi connectivity index (χ4n) is 2.34. The molecular weight excluding hydrogens is 312 g/mol. The van der Waals surface area contributed by atoms with Gasteiger partial charge < -0.3 is 9.73 Å². The summed E-state index contributed by atoms with van der Waals surface area (Å²) < 4.78 is 6.90. The van der Waals surface area contributed by atoms with Crippen molar-refractivity contribution in [1.29, 1.82) is 0 Å². The van der Waals surface area contributed by atoms with Gasteiger partial charge >= 0.3 is 0 Å². The average Bonchev–Trinajstić information content (AvgIpc) is 3.33. The van der Waals surface area contributed by atoms with Gasteiger partial charge in [-0.15, -0.1) is 11.3 Å². The van der Waals surface area contributed by atoms with Crippen LogP contribution in [0.5, 0.6) is 0 Å². The highest BCUT2D eigenvalue weighted by atomic mass is 32.1. The lowest BCUT2D eigenvalue weighted by Gasteiger charge is -2.03. The van der Waals surface area contributed by atoms with E-state index in [-0.39, 0.29) is 5.91 Å². The van der Waals surface area contributed by atoms with E-state index in [1.807, 2.05) is 29.6 Å². The van der Waals surface area contributed by atoms with E-state index in [0.717, 1.165) is 10.6 Å². The van der Waals surface area contributed by atoms with Gasteiger partial charge in [-0.2, -0.15) is 5.10 Å². The van der Waals surface area contributed by atoms with Crippen LogP contribution in [-0.2, 0) is 6.54 Å². The number of carbonyl (C=O) groups is 1. The second-order valence-electron chi connectivity index (χ2n) is 4.86. The lowest BCUT2D eigenvalue weighted by atomic mass is 10.3. The maximum Gasteiger partial charge on any atom is 0.257 e. The zero-order valence-corrected chi connectivity index (χ0v) is 12.8. The summed E-state index contributed by atoms with van der Waals surface area (Å²) in [5.74, 6) is 0.467. The number of aromatic nitrogens is 3. The number of furan rings is 1. The van der Waals surface area contributed by atoms with Crippen LogP contribution in [0.1, 0.15) is 16.1 Å². The largest absolute Gasteiger partial charge is 0.467 e. The summed E-state index contributed by atoms with van der Waals surface area (Å²) in [6, 6.07) is 9.47. The summed E-state index contributed by atoms with van der Waals surface area (Å²) in [5, 5.41) is 9.13. The van der Waals surface area contributed by atoms with Crippen LogP contribution in [0.15, 0.2) is 58.8 Å². The van der Waals surface area contributed by atoms with E-state index in [0.29, 0.717) is 23.5 Å². The summed E-state index contributed by atoms with van der Waals surface area (Å²) in [4.78, 5) is 17.7. The summed E-state index contributed by atoms with van der Waals surface area (Å²) in [6.07, 6.45) is 4.80. The Morgan fingerprint density at radius 1 is 1.30 bits per heavy atom. The van der Waals surface area contributed by atoms with Crippen molar-refractivity contribution in [1.82, 2.24) is 19.9 Å². The number of fused-ring (bicyclic) bond motifs is 1. The molecule has 0 aliphatic rings. The lowest BCUT2D eigenvalue weighted by Crippen LogP contribution is -2.22. The molecule has 4 heterocycles. The third-order valence-corrected chi connectivity index (χ3v) is 4.32. The minimum atomic E-state index is -0.229. The van der Waals surface area contributed by atoms with Crippen molar-refractivity contribution in [2.45, 2.75) is 6.54 Å². The molecule has 0 unspecified atom stereocenters. The van der Waals surface area contributed by atoms with Gasteiger partial charge in [0, 0.05) is 6.20 Å². The van der Waals surface area contributed by atoms with Gasteiger partial charge in [-0.05, 0) is 29.6 Å². The molecule has 0 spiro atoms. The zero-order valence-electron chi connectivity index (χ0n) is 12.0. The van der Waals surface area contributed by atoms with E-state index in [1.54, 1.807) is 34.4 Å². The Morgan fingerprint density at radius 3 is 3.04 bits per heavy atom. The number of carbonyl (C=O) groups excluding carboxylic acids is 1. The molecule has 0 saturated heterocycles. The highest BCUT2D eigenvalue weighted by molar-refractivity contribution is 7.13. The lowest BCUT2D eigenvalue weighted by molar-refractivity contribution is 0.0949. The van der Waals surface area contributed by atoms with Gasteiger partial charge in [0.15, 0.2) is 5.65 Å². The van der Waals surface area contributed by atoms with E-state index in [1.165, 1.54) is 6.20 Å². The van der Waals surface area contributed by atoms with E-state index < -0.39 is 0 Å². The molecule has 0 atom stereocenters. The monoisotopic (exact) mass is 324 g/mol. The Balaban J connectivity index is 1.66. The van der Waals surface area contributed by atoms with Crippen LogP contribution in [0, 0.1) is 0 Å². The first-order valence-electron chi connectivity index (χ1n) is 7.00. The van der Waals surface area contributed by atoms with Crippen LogP contribution in [0.4, 0.5) is 0 Å². The maximum atomic E-state index is 12.4. The van der Waals surface area contributed by atoms with Gasteiger partial charge in [0.05, 0.1) is 29.6 Å². The van der Waals surface area contributed by atoms with Gasteiger partial charge in [-0.3, -0.25) is 4.79 Å². The summed E-state index contributed by atoms with van der Waals surface area (Å²) in [6.45, 7) is 0.327. The van der Waals surface area contributed by atoms with Gasteiger partial charge in [0.25, 0.3) is 5.91 Å². The third kappa shape index (κ3) is 2.51. The topological polar surface area (TPSA) is 72.4 Å². The van der Waals surface area contributed by atoms with Crippen molar-refractivity contribution in [2.75, 3.05) is 0 Å². The number of nitrogens with one attached hydrogen (secondary N) is 1. The molecule has 1 N–H and O–H groups in total. The Hall–Kier alpha value is -2.93. The van der Waals surface area contributed by atoms with Crippen LogP contribution in [0.25, 0.3) is 16.2 Å². The number of hydrogen-bond donors (Lipinski definition) is 1. The van der Waals surface area contributed by atoms with Crippen molar-refractivity contribution < 1.29 is 9.21 Å². The first kappa shape index (κ1) is 13.7. The van der Waals surface area contributed by atoms with Crippen molar-refractivity contribution in [3.8, 4) is 10.6 Å². The van der Waals surface area contributed by atoms with E-state index in [9.17, 15) is 4.79 Å². The van der Waals surface area contributed by atoms with Gasteiger partial charge in [0.2, 0.25) is 0 Å². The Labute approximate surface area is 135 Å². The molecule has 23 heavy (non-hydrogen) atoms. The molecule has 0 aromatic carbocycles. The Kier molecular flexibility index (Phi) is 3.39. The Morgan fingerprint density at radius 2 is 2.26 bits per heavy atom. The highest BCUT2D eigenvalue weighted by Crippen LogP contribution is 2.25. The van der Waals surface area contributed by atoms with Crippen molar-refractivity contribution in [3.63, 3.8) is 0 Å². The van der Waals surface area contributed by atoms with E-state index in [2.05, 4.69) is 15.4 Å². The summed E-state index contributed by atoms with van der Waals surface area (Å²) >= 11 is 1.62. The van der Waals surface area contributed by atoms with Gasteiger partial charge in [0.1, 0.15) is 11.3 Å². The normalized spacial score (nSPS) is 11.0. The number of hydrogen-bond acceptors (Lipinski definition) is 5. The van der Waals surface area contributed by atoms with Gasteiger partial charge in [-0.25, -0.2) is 9.50 Å². The van der Waals surface area contributed by atoms with Crippen LogP contribution < -0.4 is 5.32 Å². The average molecular weight is 324 g/mol. The van der Waals surface area contributed by atoms with Crippen molar-refractivity contribution in [2.24, 2.45) is 0 Å². The predicted molar refractivity (Wildman–Crippen MR) is 86.2 cm³/mol. The number of nitrogens with zero attached hydrogens (tertiary/aromatic N) is 3. The SMILES string of the molecule is O=C(NCc1ccco1)c1cnn2c(-c3cccs3)ccnc12. The van der Waals surface area contributed by atoms with Crippen molar-refractivity contribution in [3.05, 3.63) is 65.7 Å². The smallest absolute Gasteiger partial charge is 0.257 e. The standard InChI is InChI=1S/C16H12N4O2S/c21-16(18-9-11-3-1-7-22-11)12-10-19-20-13(5-6-17-15(12)20)14-4-2-8-23-14/h1-8,10H,9H2,(H,18,21). The fraction of sp³-hybridized carbons (Fsp3) is 0.0625. The van der Waals surface area contributed by atoms with Gasteiger partial charge in [-0.1, -0.05) is 6.07 Å². The fourth-order valence-corrected chi connectivity index (χ4v) is 3.07. The molecule has 0 aliphatic heterocycles. The summed E-state index contributed by atoms with van der Waals surface area (Å²) in [7, 11) is 0. The first-order chi connectivity index (χ1) is 11.3. The zero-order chi connectivity index (χ0) is 15.6. The molecule has 0 bridgehead atoms. The minimum absolute atomic E-state index is 0.229. The number of rotatable bonds is 4. The second kappa shape index (κ2) is 5.69. The molecule has 4 rings (SSSR count). The molecule has 4 aromatic heterocycles. The highest BCUT2D eigenvalue weighted by Gasteiger charge is 2.16. The molecular formula is C16H12N4O2S. The minimum Gasteiger partial charge on any atom is -0.467 e. The van der Waals surface area contributed by atoms with Crippen LogP contribution >= 0.6 is 11.3 Å². The molecule has 0 aliphatic carbocycles. The predicted octanol–water partition coefficient (Wildman–Crippen LogP) is 2.98. The maximum absolute atomic E-state index is 12.4. The molecule has 0 saturated carbocycles. The van der Waals surface area contributed by atoms with Crippen LogP contribution in [-0.4, -0.2) is 20.5 Å². The van der Waals surface area contributed by atoms with E-state index in [4.69, 9.17) is 4.42 Å². The quantitative estimate of drug-likeness (QED) is 0.626. The molecule has 0 fully saturated rings. The summed E-state index contributed by atoms with van der Waals surface area (Å²) in [5.41, 5.74) is 1.89. The van der Waals surface area contributed by atoms with E-state index >= 15 is 0 Å².